The normalized spacial score (nSPS) is 18.9. The zero-order valence-corrected chi connectivity index (χ0v) is 10.2. The lowest BCUT2D eigenvalue weighted by Gasteiger charge is -2.11. The van der Waals surface area contributed by atoms with Gasteiger partial charge in [-0.25, -0.2) is 0 Å². The molecule has 0 saturated heterocycles. The molecule has 1 unspecified atom stereocenters. The molecule has 1 aromatic rings. The largest absolute Gasteiger partial charge is 0.398 e. The number of nitrogen functional groups attached to an aromatic ring is 1. The van der Waals surface area contributed by atoms with E-state index in [0.717, 1.165) is 21.9 Å². The number of thioether (sulfide) groups is 1. The quantitative estimate of drug-likeness (QED) is 0.803. The summed E-state index contributed by atoms with van der Waals surface area (Å²) in [5.74, 6) is 0.815. The van der Waals surface area contributed by atoms with Crippen LogP contribution in [0.3, 0.4) is 0 Å². The lowest BCUT2D eigenvalue weighted by Crippen LogP contribution is -2.17. The van der Waals surface area contributed by atoms with E-state index < -0.39 is 0 Å². The van der Waals surface area contributed by atoms with Crippen LogP contribution in [0.5, 0.6) is 0 Å². The van der Waals surface area contributed by atoms with E-state index >= 15 is 0 Å². The van der Waals surface area contributed by atoms with Gasteiger partial charge in [-0.1, -0.05) is 24.3 Å². The summed E-state index contributed by atoms with van der Waals surface area (Å²) in [7, 11) is 0. The first-order valence-corrected chi connectivity index (χ1v) is 6.38. The third-order valence-corrected chi connectivity index (χ3v) is 3.64. The van der Waals surface area contributed by atoms with Gasteiger partial charge in [0.25, 0.3) is 0 Å². The summed E-state index contributed by atoms with van der Waals surface area (Å²) >= 11 is 1.68. The highest BCUT2D eigenvalue weighted by Gasteiger charge is 2.09. The number of anilines is 1. The third-order valence-electron chi connectivity index (χ3n) is 2.47. The van der Waals surface area contributed by atoms with Gasteiger partial charge in [-0.15, -0.1) is 11.8 Å². The maximum Gasteiger partial charge on any atom is 0.0560 e. The SMILES string of the molecule is Nc1ccccc1CSC1=CN=CC=CC1N. The Morgan fingerprint density at radius 2 is 2.12 bits per heavy atom. The molecular formula is C13H15N3S. The number of para-hydroxylation sites is 1. The number of rotatable bonds is 3. The fourth-order valence-electron chi connectivity index (χ4n) is 1.48. The molecule has 2 rings (SSSR count). The highest BCUT2D eigenvalue weighted by Crippen LogP contribution is 2.27. The van der Waals surface area contributed by atoms with Crippen molar-refractivity contribution in [3.05, 3.63) is 53.1 Å². The Balaban J connectivity index is 2.03. The van der Waals surface area contributed by atoms with Gasteiger partial charge in [0.15, 0.2) is 0 Å². The maximum absolute atomic E-state index is 5.99. The van der Waals surface area contributed by atoms with Crippen LogP contribution in [0.25, 0.3) is 0 Å². The number of hydrogen-bond donors (Lipinski definition) is 2. The second-order valence-corrected chi connectivity index (χ2v) is 4.78. The molecule has 0 aliphatic carbocycles. The molecule has 0 saturated carbocycles. The molecule has 0 spiro atoms. The molecule has 0 aromatic heterocycles. The molecule has 0 fully saturated rings. The number of nitrogens with zero attached hydrogens (tertiary/aromatic N) is 1. The van der Waals surface area contributed by atoms with Crippen LogP contribution in [-0.2, 0) is 5.75 Å². The van der Waals surface area contributed by atoms with Gasteiger partial charge in [0.2, 0.25) is 0 Å². The summed E-state index contributed by atoms with van der Waals surface area (Å²) in [6, 6.07) is 7.80. The zero-order chi connectivity index (χ0) is 12.1. The van der Waals surface area contributed by atoms with Crippen molar-refractivity contribution < 1.29 is 0 Å². The van der Waals surface area contributed by atoms with Crippen molar-refractivity contribution in [2.24, 2.45) is 10.7 Å². The molecule has 17 heavy (non-hydrogen) atoms. The highest BCUT2D eigenvalue weighted by molar-refractivity contribution is 8.02. The van der Waals surface area contributed by atoms with Crippen molar-refractivity contribution in [3.8, 4) is 0 Å². The fraction of sp³-hybridized carbons (Fsp3) is 0.154. The number of hydrogen-bond acceptors (Lipinski definition) is 4. The summed E-state index contributed by atoms with van der Waals surface area (Å²) < 4.78 is 0. The van der Waals surface area contributed by atoms with E-state index in [1.54, 1.807) is 18.0 Å². The molecule has 1 aromatic carbocycles. The molecule has 1 heterocycles. The Kier molecular flexibility index (Phi) is 4.01. The van der Waals surface area contributed by atoms with Gasteiger partial charge < -0.3 is 11.5 Å². The predicted octanol–water partition coefficient (Wildman–Crippen LogP) is 2.31. The van der Waals surface area contributed by atoms with E-state index in [9.17, 15) is 0 Å². The Morgan fingerprint density at radius 3 is 2.94 bits per heavy atom. The number of aliphatic imine (C=N–C) groups is 1. The van der Waals surface area contributed by atoms with Crippen molar-refractivity contribution in [1.82, 2.24) is 0 Å². The fourth-order valence-corrected chi connectivity index (χ4v) is 2.47. The monoisotopic (exact) mass is 245 g/mol. The van der Waals surface area contributed by atoms with Gasteiger partial charge in [0, 0.05) is 28.8 Å². The lowest BCUT2D eigenvalue weighted by atomic mass is 10.2. The maximum atomic E-state index is 5.99. The van der Waals surface area contributed by atoms with Crippen LogP contribution in [0.4, 0.5) is 5.69 Å². The highest BCUT2D eigenvalue weighted by atomic mass is 32.2. The zero-order valence-electron chi connectivity index (χ0n) is 9.41. The van der Waals surface area contributed by atoms with Crippen LogP contribution in [0.15, 0.2) is 52.5 Å². The minimum atomic E-state index is -0.0764. The van der Waals surface area contributed by atoms with Crippen molar-refractivity contribution in [2.75, 3.05) is 5.73 Å². The van der Waals surface area contributed by atoms with Gasteiger partial charge in [0.1, 0.15) is 0 Å². The van der Waals surface area contributed by atoms with Crippen LogP contribution in [0.1, 0.15) is 5.56 Å². The first-order valence-electron chi connectivity index (χ1n) is 5.39. The molecule has 0 amide bonds. The molecule has 1 aliphatic rings. The van der Waals surface area contributed by atoms with Crippen molar-refractivity contribution in [3.63, 3.8) is 0 Å². The van der Waals surface area contributed by atoms with Gasteiger partial charge in [-0.2, -0.15) is 0 Å². The topological polar surface area (TPSA) is 64.4 Å². The van der Waals surface area contributed by atoms with Gasteiger partial charge in [-0.05, 0) is 17.7 Å². The van der Waals surface area contributed by atoms with Crippen LogP contribution < -0.4 is 11.5 Å². The molecule has 88 valence electrons. The van der Waals surface area contributed by atoms with Gasteiger partial charge in [0.05, 0.1) is 6.04 Å². The summed E-state index contributed by atoms with van der Waals surface area (Å²) in [4.78, 5) is 5.19. The molecule has 4 heteroatoms. The molecule has 3 nitrogen and oxygen atoms in total. The van der Waals surface area contributed by atoms with Gasteiger partial charge in [-0.3, -0.25) is 4.99 Å². The number of benzene rings is 1. The first-order chi connectivity index (χ1) is 8.27. The molecule has 1 aliphatic heterocycles. The van der Waals surface area contributed by atoms with Crippen LogP contribution in [0, 0.1) is 0 Å². The van der Waals surface area contributed by atoms with Crippen molar-refractivity contribution >= 4 is 23.7 Å². The summed E-state index contributed by atoms with van der Waals surface area (Å²) in [5.41, 5.74) is 13.8. The Hall–Kier alpha value is -1.52. The third kappa shape index (κ3) is 3.22. The Morgan fingerprint density at radius 1 is 1.29 bits per heavy atom. The second-order valence-electron chi connectivity index (χ2n) is 3.73. The van der Waals surface area contributed by atoms with E-state index in [1.807, 2.05) is 42.6 Å². The van der Waals surface area contributed by atoms with E-state index in [0.29, 0.717) is 0 Å². The van der Waals surface area contributed by atoms with Crippen LogP contribution in [0.2, 0.25) is 0 Å². The molecule has 4 N–H and O–H groups in total. The summed E-state index contributed by atoms with van der Waals surface area (Å²) in [6.07, 6.45) is 7.36. The lowest BCUT2D eigenvalue weighted by molar-refractivity contribution is 1.01. The average molecular weight is 245 g/mol. The molecule has 0 radical (unpaired) electrons. The number of allylic oxidation sites excluding steroid dienone is 1. The minimum absolute atomic E-state index is 0.0764. The van der Waals surface area contributed by atoms with Crippen LogP contribution >= 0.6 is 11.8 Å². The molecule has 0 bridgehead atoms. The first kappa shape index (κ1) is 12.0. The van der Waals surface area contributed by atoms with Crippen molar-refractivity contribution in [1.29, 1.82) is 0 Å². The molecular weight excluding hydrogens is 230 g/mol. The second kappa shape index (κ2) is 5.70. The van der Waals surface area contributed by atoms with E-state index in [4.69, 9.17) is 11.5 Å². The Bertz CT molecular complexity index is 477. The van der Waals surface area contributed by atoms with Crippen molar-refractivity contribution in [2.45, 2.75) is 11.8 Å². The minimum Gasteiger partial charge on any atom is -0.398 e. The average Bonchev–Trinajstić information content (AvgIpc) is 2.53. The predicted molar refractivity (Wildman–Crippen MR) is 75.8 cm³/mol. The summed E-state index contributed by atoms with van der Waals surface area (Å²) in [6.45, 7) is 0. The van der Waals surface area contributed by atoms with Crippen LogP contribution in [-0.4, -0.2) is 12.3 Å². The number of nitrogens with two attached hydrogens (primary N) is 2. The van der Waals surface area contributed by atoms with E-state index in [-0.39, 0.29) is 6.04 Å². The Labute approximate surface area is 105 Å². The molecule has 1 atom stereocenters. The van der Waals surface area contributed by atoms with E-state index in [1.165, 1.54) is 0 Å². The van der Waals surface area contributed by atoms with E-state index in [2.05, 4.69) is 4.99 Å². The summed E-state index contributed by atoms with van der Waals surface area (Å²) in [5, 5.41) is 0. The standard InChI is InChI=1S/C13H15N3S/c14-11-5-2-1-4-10(11)9-17-13-8-16-7-3-6-12(13)15/h1-8,12H,9,14-15H2. The van der Waals surface area contributed by atoms with Gasteiger partial charge >= 0.3 is 0 Å². The smallest absolute Gasteiger partial charge is 0.0560 e.